The number of hydrogen-bond acceptors (Lipinski definition) is 3. The van der Waals surface area contributed by atoms with Gasteiger partial charge in [-0.25, -0.2) is 4.98 Å². The van der Waals surface area contributed by atoms with Gasteiger partial charge in [-0.3, -0.25) is 0 Å². The lowest BCUT2D eigenvalue weighted by Crippen LogP contribution is -2.34. The molecular formula is C15H21N3S. The molecule has 2 unspecified atom stereocenters. The summed E-state index contributed by atoms with van der Waals surface area (Å²) in [6.45, 7) is 3.26. The van der Waals surface area contributed by atoms with E-state index in [-0.39, 0.29) is 0 Å². The summed E-state index contributed by atoms with van der Waals surface area (Å²) in [5, 5.41) is 5.72. The summed E-state index contributed by atoms with van der Waals surface area (Å²) in [6.07, 6.45) is 9.21. The van der Waals surface area contributed by atoms with E-state index in [0.29, 0.717) is 12.1 Å². The molecule has 1 fully saturated rings. The van der Waals surface area contributed by atoms with Crippen LogP contribution in [0.4, 0.5) is 0 Å². The number of thiophene rings is 1. The standard InChI is InChI=1S/C15H21N3S/c1-2-16-12-5-3-6-13(11-12)18-9-8-17-15(18)14-7-4-10-19-14/h4,7-10,12-13,16H,2-3,5-6,11H2,1H3. The number of nitrogens with one attached hydrogen (secondary N) is 1. The van der Waals surface area contributed by atoms with Crippen molar-refractivity contribution < 1.29 is 0 Å². The van der Waals surface area contributed by atoms with Crippen LogP contribution in [0.3, 0.4) is 0 Å². The van der Waals surface area contributed by atoms with E-state index >= 15 is 0 Å². The van der Waals surface area contributed by atoms with E-state index in [1.54, 1.807) is 11.3 Å². The third-order valence-corrected chi connectivity index (χ3v) is 4.81. The molecule has 3 nitrogen and oxygen atoms in total. The molecule has 19 heavy (non-hydrogen) atoms. The average molecular weight is 275 g/mol. The van der Waals surface area contributed by atoms with Crippen molar-refractivity contribution in [3.8, 4) is 10.7 Å². The topological polar surface area (TPSA) is 29.9 Å². The lowest BCUT2D eigenvalue weighted by Gasteiger charge is -2.31. The Hall–Kier alpha value is -1.13. The predicted molar refractivity (Wildman–Crippen MR) is 80.5 cm³/mol. The molecule has 2 aromatic rings. The van der Waals surface area contributed by atoms with Crippen molar-refractivity contribution in [2.45, 2.75) is 44.7 Å². The van der Waals surface area contributed by atoms with Gasteiger partial charge in [0.05, 0.1) is 4.88 Å². The Labute approximate surface area is 118 Å². The van der Waals surface area contributed by atoms with Gasteiger partial charge >= 0.3 is 0 Å². The van der Waals surface area contributed by atoms with Crippen LogP contribution in [0.2, 0.25) is 0 Å². The van der Waals surface area contributed by atoms with Crippen LogP contribution in [0.15, 0.2) is 29.9 Å². The second-order valence-electron chi connectivity index (χ2n) is 5.21. The molecule has 0 spiro atoms. The monoisotopic (exact) mass is 275 g/mol. The quantitative estimate of drug-likeness (QED) is 0.922. The molecule has 2 atom stereocenters. The highest BCUT2D eigenvalue weighted by molar-refractivity contribution is 7.13. The summed E-state index contributed by atoms with van der Waals surface area (Å²) in [7, 11) is 0. The van der Waals surface area contributed by atoms with Crippen LogP contribution < -0.4 is 5.32 Å². The Kier molecular flexibility index (Phi) is 3.99. The Bertz CT molecular complexity index is 501. The minimum absolute atomic E-state index is 0.595. The summed E-state index contributed by atoms with van der Waals surface area (Å²) in [5.74, 6) is 1.14. The van der Waals surface area contributed by atoms with E-state index in [9.17, 15) is 0 Å². The highest BCUT2D eigenvalue weighted by Gasteiger charge is 2.24. The molecule has 0 bridgehead atoms. The fraction of sp³-hybridized carbons (Fsp3) is 0.533. The van der Waals surface area contributed by atoms with E-state index in [0.717, 1.165) is 12.4 Å². The molecule has 0 aromatic carbocycles. The smallest absolute Gasteiger partial charge is 0.150 e. The molecule has 102 valence electrons. The van der Waals surface area contributed by atoms with Gasteiger partial charge in [-0.05, 0) is 43.7 Å². The molecule has 1 N–H and O–H groups in total. The maximum Gasteiger partial charge on any atom is 0.150 e. The van der Waals surface area contributed by atoms with Gasteiger partial charge in [0, 0.05) is 24.5 Å². The largest absolute Gasteiger partial charge is 0.327 e. The number of rotatable bonds is 4. The molecule has 2 aromatic heterocycles. The van der Waals surface area contributed by atoms with Crippen molar-refractivity contribution in [2.24, 2.45) is 0 Å². The molecule has 0 amide bonds. The van der Waals surface area contributed by atoms with Gasteiger partial charge in [-0.15, -0.1) is 11.3 Å². The molecular weight excluding hydrogens is 254 g/mol. The number of imidazole rings is 1. The summed E-state index contributed by atoms with van der Waals surface area (Å²) in [6, 6.07) is 5.52. The van der Waals surface area contributed by atoms with Crippen LogP contribution in [0, 0.1) is 0 Å². The Morgan fingerprint density at radius 3 is 3.21 bits per heavy atom. The van der Waals surface area contributed by atoms with Gasteiger partial charge in [0.1, 0.15) is 5.82 Å². The fourth-order valence-electron chi connectivity index (χ4n) is 3.10. The molecule has 0 radical (unpaired) electrons. The highest BCUT2D eigenvalue weighted by Crippen LogP contribution is 2.33. The number of aromatic nitrogens is 2. The average Bonchev–Trinajstić information content (AvgIpc) is 3.10. The van der Waals surface area contributed by atoms with Crippen LogP contribution in [0.5, 0.6) is 0 Å². The minimum atomic E-state index is 0.595. The molecule has 2 heterocycles. The SMILES string of the molecule is CCNC1CCCC(n2ccnc2-c2cccs2)C1. The van der Waals surface area contributed by atoms with Crippen molar-refractivity contribution >= 4 is 11.3 Å². The van der Waals surface area contributed by atoms with Crippen LogP contribution in [0.1, 0.15) is 38.6 Å². The zero-order valence-electron chi connectivity index (χ0n) is 11.4. The lowest BCUT2D eigenvalue weighted by atomic mass is 9.90. The van der Waals surface area contributed by atoms with E-state index in [1.165, 1.54) is 30.6 Å². The number of nitrogens with zero attached hydrogens (tertiary/aromatic N) is 2. The summed E-state index contributed by atoms with van der Waals surface area (Å²) >= 11 is 1.77. The van der Waals surface area contributed by atoms with Gasteiger partial charge in [0.15, 0.2) is 0 Å². The van der Waals surface area contributed by atoms with Crippen LogP contribution in [-0.4, -0.2) is 22.1 Å². The molecule has 0 saturated heterocycles. The second-order valence-corrected chi connectivity index (χ2v) is 6.16. The van der Waals surface area contributed by atoms with Gasteiger partial charge in [0.25, 0.3) is 0 Å². The minimum Gasteiger partial charge on any atom is -0.327 e. The lowest BCUT2D eigenvalue weighted by molar-refractivity contribution is 0.289. The maximum atomic E-state index is 4.56. The van der Waals surface area contributed by atoms with Gasteiger partial charge in [-0.2, -0.15) is 0 Å². The molecule has 1 aliphatic carbocycles. The molecule has 1 aliphatic rings. The molecule has 1 saturated carbocycles. The van der Waals surface area contributed by atoms with E-state index in [4.69, 9.17) is 0 Å². The van der Waals surface area contributed by atoms with E-state index in [1.807, 2.05) is 6.20 Å². The van der Waals surface area contributed by atoms with Crippen molar-refractivity contribution in [1.29, 1.82) is 0 Å². The number of hydrogen-bond donors (Lipinski definition) is 1. The zero-order chi connectivity index (χ0) is 13.1. The fourth-order valence-corrected chi connectivity index (χ4v) is 3.82. The van der Waals surface area contributed by atoms with E-state index in [2.05, 4.69) is 45.5 Å². The molecule has 3 rings (SSSR count). The van der Waals surface area contributed by atoms with Crippen molar-refractivity contribution in [3.05, 3.63) is 29.9 Å². The Morgan fingerprint density at radius 2 is 2.42 bits per heavy atom. The van der Waals surface area contributed by atoms with Gasteiger partial charge in [-0.1, -0.05) is 13.0 Å². The second kappa shape index (κ2) is 5.88. The normalized spacial score (nSPS) is 23.6. The maximum absolute atomic E-state index is 4.56. The first kappa shape index (κ1) is 12.9. The van der Waals surface area contributed by atoms with Crippen molar-refractivity contribution in [1.82, 2.24) is 14.9 Å². The van der Waals surface area contributed by atoms with E-state index < -0.39 is 0 Å². The van der Waals surface area contributed by atoms with Crippen molar-refractivity contribution in [2.75, 3.05) is 6.54 Å². The van der Waals surface area contributed by atoms with Crippen LogP contribution >= 0.6 is 11.3 Å². The Morgan fingerprint density at radius 1 is 1.47 bits per heavy atom. The summed E-state index contributed by atoms with van der Waals surface area (Å²) < 4.78 is 2.38. The first-order chi connectivity index (χ1) is 9.38. The van der Waals surface area contributed by atoms with Crippen LogP contribution in [0.25, 0.3) is 10.7 Å². The summed E-state index contributed by atoms with van der Waals surface area (Å²) in [5.41, 5.74) is 0. The third kappa shape index (κ3) is 2.74. The first-order valence-corrected chi connectivity index (χ1v) is 8.06. The first-order valence-electron chi connectivity index (χ1n) is 7.18. The summed E-state index contributed by atoms with van der Waals surface area (Å²) in [4.78, 5) is 5.83. The zero-order valence-corrected chi connectivity index (χ0v) is 12.2. The van der Waals surface area contributed by atoms with Crippen LogP contribution in [-0.2, 0) is 0 Å². The molecule has 4 heteroatoms. The molecule has 0 aliphatic heterocycles. The highest BCUT2D eigenvalue weighted by atomic mass is 32.1. The van der Waals surface area contributed by atoms with Gasteiger partial charge in [0.2, 0.25) is 0 Å². The van der Waals surface area contributed by atoms with Crippen molar-refractivity contribution in [3.63, 3.8) is 0 Å². The Balaban J connectivity index is 1.81. The van der Waals surface area contributed by atoms with Gasteiger partial charge < -0.3 is 9.88 Å². The predicted octanol–water partition coefficient (Wildman–Crippen LogP) is 3.70. The third-order valence-electron chi connectivity index (χ3n) is 3.94.